The Morgan fingerprint density at radius 3 is 2.42 bits per heavy atom. The van der Waals surface area contributed by atoms with E-state index in [1.54, 1.807) is 19.2 Å². The summed E-state index contributed by atoms with van der Waals surface area (Å²) in [6.45, 7) is 4.36. The highest BCUT2D eigenvalue weighted by Gasteiger charge is 2.02. The van der Waals surface area contributed by atoms with Gasteiger partial charge in [-0.25, -0.2) is 0 Å². The Balaban J connectivity index is 2.18. The highest BCUT2D eigenvalue weighted by Crippen LogP contribution is 2.13. The van der Waals surface area contributed by atoms with E-state index in [2.05, 4.69) is 0 Å². The molecular formula is C15H22O4. The number of hydrogen-bond acceptors (Lipinski definition) is 4. The predicted octanol–water partition coefficient (Wildman–Crippen LogP) is 2.71. The van der Waals surface area contributed by atoms with Gasteiger partial charge in [-0.2, -0.15) is 0 Å². The van der Waals surface area contributed by atoms with Crippen molar-refractivity contribution in [2.75, 3.05) is 33.5 Å². The highest BCUT2D eigenvalue weighted by molar-refractivity contribution is 5.95. The normalized spacial score (nSPS) is 10.4. The van der Waals surface area contributed by atoms with Crippen molar-refractivity contribution < 1.29 is 19.0 Å². The Hall–Kier alpha value is -1.39. The average molecular weight is 266 g/mol. The van der Waals surface area contributed by atoms with Gasteiger partial charge in [0.2, 0.25) is 0 Å². The molecule has 0 fully saturated rings. The fourth-order valence-corrected chi connectivity index (χ4v) is 1.54. The van der Waals surface area contributed by atoms with Crippen LogP contribution in [-0.2, 0) is 9.47 Å². The number of ketones is 1. The van der Waals surface area contributed by atoms with Crippen molar-refractivity contribution >= 4 is 5.78 Å². The molecule has 1 rings (SSSR count). The minimum atomic E-state index is 0.151. The largest absolute Gasteiger partial charge is 0.494 e. The smallest absolute Gasteiger partial charge is 0.162 e. The lowest BCUT2D eigenvalue weighted by molar-refractivity contribution is 0.0644. The summed E-state index contributed by atoms with van der Waals surface area (Å²) in [5.41, 5.74) is 0.734. The number of carbonyl (C=O) groups is 1. The van der Waals surface area contributed by atoms with Gasteiger partial charge in [-0.05, 0) is 24.3 Å². The minimum Gasteiger partial charge on any atom is -0.494 e. The van der Waals surface area contributed by atoms with Gasteiger partial charge in [-0.1, -0.05) is 6.92 Å². The molecule has 0 radical (unpaired) electrons. The fourth-order valence-electron chi connectivity index (χ4n) is 1.54. The second-order valence-corrected chi connectivity index (χ2v) is 4.11. The molecule has 0 saturated carbocycles. The van der Waals surface area contributed by atoms with Gasteiger partial charge in [0, 0.05) is 32.1 Å². The van der Waals surface area contributed by atoms with Gasteiger partial charge >= 0.3 is 0 Å². The first-order valence-corrected chi connectivity index (χ1v) is 6.60. The summed E-state index contributed by atoms with van der Waals surface area (Å²) in [4.78, 5) is 11.4. The summed E-state index contributed by atoms with van der Waals surface area (Å²) in [6.07, 6.45) is 1.36. The number of methoxy groups -OCH3 is 1. The molecule has 0 spiro atoms. The van der Waals surface area contributed by atoms with Crippen molar-refractivity contribution in [1.82, 2.24) is 0 Å². The molecule has 0 aliphatic rings. The Kier molecular flexibility index (Phi) is 7.86. The third-order valence-electron chi connectivity index (χ3n) is 2.63. The second-order valence-electron chi connectivity index (χ2n) is 4.11. The zero-order valence-electron chi connectivity index (χ0n) is 11.7. The molecule has 0 bridgehead atoms. The fraction of sp³-hybridized carbons (Fsp3) is 0.533. The van der Waals surface area contributed by atoms with E-state index in [1.165, 1.54) is 0 Å². The van der Waals surface area contributed by atoms with Crippen LogP contribution in [0.3, 0.4) is 0 Å². The number of carbonyl (C=O) groups excluding carboxylic acids is 1. The number of ether oxygens (including phenoxy) is 3. The maximum Gasteiger partial charge on any atom is 0.162 e. The predicted molar refractivity (Wildman–Crippen MR) is 73.9 cm³/mol. The molecule has 0 N–H and O–H groups in total. The molecule has 4 nitrogen and oxygen atoms in total. The number of benzene rings is 1. The van der Waals surface area contributed by atoms with Crippen molar-refractivity contribution in [3.05, 3.63) is 29.8 Å². The molecule has 0 unspecified atom stereocenters. The summed E-state index contributed by atoms with van der Waals surface area (Å²) in [7, 11) is 1.65. The average Bonchev–Trinajstić information content (AvgIpc) is 2.46. The van der Waals surface area contributed by atoms with Gasteiger partial charge in [-0.15, -0.1) is 0 Å². The number of hydrogen-bond donors (Lipinski definition) is 0. The molecule has 0 aromatic heterocycles. The first kappa shape index (κ1) is 15.7. The van der Waals surface area contributed by atoms with Crippen LogP contribution in [0.25, 0.3) is 0 Å². The van der Waals surface area contributed by atoms with E-state index in [4.69, 9.17) is 14.2 Å². The van der Waals surface area contributed by atoms with Crippen molar-refractivity contribution in [3.8, 4) is 5.75 Å². The molecule has 4 heteroatoms. The summed E-state index contributed by atoms with van der Waals surface area (Å²) in [6, 6.07) is 7.26. The topological polar surface area (TPSA) is 44.8 Å². The molecule has 0 aliphatic carbocycles. The monoisotopic (exact) mass is 266 g/mol. The van der Waals surface area contributed by atoms with Crippen molar-refractivity contribution in [2.45, 2.75) is 19.8 Å². The van der Waals surface area contributed by atoms with Gasteiger partial charge in [0.15, 0.2) is 5.78 Å². The molecular weight excluding hydrogens is 244 g/mol. The first-order chi connectivity index (χ1) is 9.27. The quantitative estimate of drug-likeness (QED) is 0.482. The van der Waals surface area contributed by atoms with Crippen LogP contribution < -0.4 is 4.74 Å². The number of rotatable bonds is 10. The maximum atomic E-state index is 11.4. The van der Waals surface area contributed by atoms with Crippen LogP contribution in [0.5, 0.6) is 5.75 Å². The molecule has 0 aliphatic heterocycles. The zero-order valence-corrected chi connectivity index (χ0v) is 11.7. The van der Waals surface area contributed by atoms with E-state index >= 15 is 0 Å². The van der Waals surface area contributed by atoms with E-state index in [-0.39, 0.29) is 5.78 Å². The van der Waals surface area contributed by atoms with Crippen molar-refractivity contribution in [1.29, 1.82) is 0 Å². The lowest BCUT2D eigenvalue weighted by atomic mass is 10.1. The summed E-state index contributed by atoms with van der Waals surface area (Å²) >= 11 is 0. The van der Waals surface area contributed by atoms with Crippen LogP contribution in [0.15, 0.2) is 24.3 Å². The van der Waals surface area contributed by atoms with E-state index in [9.17, 15) is 4.79 Å². The van der Waals surface area contributed by atoms with Crippen LogP contribution in [0.4, 0.5) is 0 Å². The van der Waals surface area contributed by atoms with E-state index in [0.29, 0.717) is 32.8 Å². The van der Waals surface area contributed by atoms with Gasteiger partial charge in [0.05, 0.1) is 19.8 Å². The molecule has 106 valence electrons. The molecule has 0 amide bonds. The molecule has 0 saturated heterocycles. The lowest BCUT2D eigenvalue weighted by Crippen LogP contribution is -2.06. The molecule has 0 heterocycles. The van der Waals surface area contributed by atoms with Gasteiger partial charge < -0.3 is 14.2 Å². The van der Waals surface area contributed by atoms with Crippen LogP contribution in [-0.4, -0.2) is 39.3 Å². The van der Waals surface area contributed by atoms with E-state index in [0.717, 1.165) is 17.7 Å². The highest BCUT2D eigenvalue weighted by atomic mass is 16.5. The Morgan fingerprint density at radius 2 is 1.79 bits per heavy atom. The van der Waals surface area contributed by atoms with Crippen molar-refractivity contribution in [3.63, 3.8) is 0 Å². The van der Waals surface area contributed by atoms with Gasteiger partial charge in [0.25, 0.3) is 0 Å². The standard InChI is InChI=1S/C15H22O4/c1-3-15(16)13-5-7-14(8-6-13)19-10-4-9-18-12-11-17-2/h5-8H,3-4,9-12H2,1-2H3. The zero-order chi connectivity index (χ0) is 13.9. The van der Waals surface area contributed by atoms with Gasteiger partial charge in [0.1, 0.15) is 5.75 Å². The minimum absolute atomic E-state index is 0.151. The first-order valence-electron chi connectivity index (χ1n) is 6.60. The Labute approximate surface area is 114 Å². The molecule has 1 aromatic rings. The number of Topliss-reactive ketones (excluding diaryl/α,β-unsaturated/α-hetero) is 1. The molecule has 1 aromatic carbocycles. The molecule has 0 atom stereocenters. The van der Waals surface area contributed by atoms with E-state index < -0.39 is 0 Å². The van der Waals surface area contributed by atoms with Crippen LogP contribution in [0, 0.1) is 0 Å². The van der Waals surface area contributed by atoms with Gasteiger partial charge in [-0.3, -0.25) is 4.79 Å². The maximum absolute atomic E-state index is 11.4. The summed E-state index contributed by atoms with van der Waals surface area (Å²) in [5.74, 6) is 0.933. The second kappa shape index (κ2) is 9.53. The lowest BCUT2D eigenvalue weighted by Gasteiger charge is -2.07. The van der Waals surface area contributed by atoms with Crippen LogP contribution in [0.2, 0.25) is 0 Å². The summed E-state index contributed by atoms with van der Waals surface area (Å²) < 4.78 is 15.8. The summed E-state index contributed by atoms with van der Waals surface area (Å²) in [5, 5.41) is 0. The SMILES string of the molecule is CCC(=O)c1ccc(OCCCOCCOC)cc1. The van der Waals surface area contributed by atoms with Crippen molar-refractivity contribution in [2.24, 2.45) is 0 Å². The van der Waals surface area contributed by atoms with Crippen LogP contribution in [0.1, 0.15) is 30.1 Å². The Bertz CT molecular complexity index is 359. The van der Waals surface area contributed by atoms with Crippen LogP contribution >= 0.6 is 0 Å². The Morgan fingerprint density at radius 1 is 1.05 bits per heavy atom. The third-order valence-corrected chi connectivity index (χ3v) is 2.63. The van der Waals surface area contributed by atoms with E-state index in [1.807, 2.05) is 19.1 Å². The third kappa shape index (κ3) is 6.36. The molecule has 19 heavy (non-hydrogen) atoms.